The van der Waals surface area contributed by atoms with E-state index >= 15 is 0 Å². The Balaban J connectivity index is 1.30. The summed E-state index contributed by atoms with van der Waals surface area (Å²) in [5.41, 5.74) is 7.81. The number of nitrogens with two attached hydrogens (primary N) is 1. The number of hydrogen-bond donors (Lipinski definition) is 3. The van der Waals surface area contributed by atoms with E-state index in [0.29, 0.717) is 25.0 Å². The van der Waals surface area contributed by atoms with Gasteiger partial charge in [0.05, 0.1) is 13.1 Å². The second-order valence-electron chi connectivity index (χ2n) is 10.9. The molecule has 4 rings (SSSR count). The first-order valence-electron chi connectivity index (χ1n) is 13.5. The molecule has 0 radical (unpaired) electrons. The van der Waals surface area contributed by atoms with Gasteiger partial charge in [-0.1, -0.05) is 38.8 Å². The first-order valence-corrected chi connectivity index (χ1v) is 13.5. The van der Waals surface area contributed by atoms with Gasteiger partial charge >= 0.3 is 0 Å². The standard InChI is InChI=1S/C28H43N7O/c1-3-22(4-2)17-33-14-9-28(10-15-33)11-16-35(21-28)27(36)24-7-5-23(6-8-24)18-34(19-25(29)30)20-26-31-12-13-32-26/h5-8,12-13,22H,3-4,9-11,14-21H2,1-2H3,(H3,29,30)(H,31,32). The van der Waals surface area contributed by atoms with Crippen molar-refractivity contribution in [1.82, 2.24) is 24.7 Å². The number of nitrogens with one attached hydrogen (secondary N) is 2. The average molecular weight is 494 g/mol. The number of carbonyl (C=O) groups is 1. The molecule has 1 aromatic carbocycles. The largest absolute Gasteiger partial charge is 0.387 e. The summed E-state index contributed by atoms with van der Waals surface area (Å²) in [7, 11) is 0. The molecule has 196 valence electrons. The molecule has 2 fully saturated rings. The minimum Gasteiger partial charge on any atom is -0.387 e. The van der Waals surface area contributed by atoms with Gasteiger partial charge < -0.3 is 20.5 Å². The number of piperidine rings is 1. The molecule has 1 aromatic heterocycles. The van der Waals surface area contributed by atoms with Crippen molar-refractivity contribution >= 4 is 11.7 Å². The minimum atomic E-state index is 0.123. The summed E-state index contributed by atoms with van der Waals surface area (Å²) >= 11 is 0. The van der Waals surface area contributed by atoms with Crippen LogP contribution in [-0.2, 0) is 13.1 Å². The van der Waals surface area contributed by atoms with Crippen LogP contribution in [0.1, 0.15) is 67.7 Å². The number of H-pyrrole nitrogens is 1. The van der Waals surface area contributed by atoms with Gasteiger partial charge in [-0.15, -0.1) is 0 Å². The molecular weight excluding hydrogens is 450 g/mol. The molecule has 2 aliphatic rings. The lowest BCUT2D eigenvalue weighted by Crippen LogP contribution is -2.43. The predicted molar refractivity (Wildman–Crippen MR) is 144 cm³/mol. The Morgan fingerprint density at radius 1 is 1.14 bits per heavy atom. The fourth-order valence-corrected chi connectivity index (χ4v) is 5.84. The monoisotopic (exact) mass is 493 g/mol. The fraction of sp³-hybridized carbons (Fsp3) is 0.607. The number of rotatable bonds is 11. The molecule has 1 spiro atoms. The Kier molecular flexibility index (Phi) is 8.80. The van der Waals surface area contributed by atoms with Gasteiger partial charge in [0.25, 0.3) is 5.91 Å². The Morgan fingerprint density at radius 3 is 2.44 bits per heavy atom. The van der Waals surface area contributed by atoms with E-state index in [1.54, 1.807) is 12.4 Å². The van der Waals surface area contributed by atoms with Gasteiger partial charge in [-0.3, -0.25) is 15.1 Å². The van der Waals surface area contributed by atoms with Gasteiger partial charge in [0.2, 0.25) is 0 Å². The van der Waals surface area contributed by atoms with E-state index in [2.05, 4.69) is 38.5 Å². The van der Waals surface area contributed by atoms with Crippen LogP contribution in [-0.4, -0.2) is 75.7 Å². The number of imidazole rings is 1. The first kappa shape index (κ1) is 26.4. The number of carbonyl (C=O) groups excluding carboxylic acids is 1. The summed E-state index contributed by atoms with van der Waals surface area (Å²) in [6.45, 7) is 11.5. The Morgan fingerprint density at radius 2 is 1.83 bits per heavy atom. The van der Waals surface area contributed by atoms with Crippen molar-refractivity contribution in [3.05, 3.63) is 53.6 Å². The third-order valence-corrected chi connectivity index (χ3v) is 8.24. The smallest absolute Gasteiger partial charge is 0.253 e. The van der Waals surface area contributed by atoms with E-state index in [1.807, 2.05) is 24.3 Å². The maximum atomic E-state index is 13.3. The van der Waals surface area contributed by atoms with Crippen molar-refractivity contribution in [1.29, 1.82) is 5.41 Å². The molecule has 2 saturated heterocycles. The van der Waals surface area contributed by atoms with Crippen molar-refractivity contribution in [2.75, 3.05) is 39.3 Å². The zero-order valence-corrected chi connectivity index (χ0v) is 22.0. The highest BCUT2D eigenvalue weighted by molar-refractivity contribution is 5.94. The lowest BCUT2D eigenvalue weighted by Gasteiger charge is -2.40. The van der Waals surface area contributed by atoms with E-state index in [4.69, 9.17) is 11.1 Å². The van der Waals surface area contributed by atoms with Crippen LogP contribution in [0.4, 0.5) is 0 Å². The Hall–Kier alpha value is -2.71. The highest BCUT2D eigenvalue weighted by Crippen LogP contribution is 2.41. The summed E-state index contributed by atoms with van der Waals surface area (Å²) in [6, 6.07) is 7.93. The lowest BCUT2D eigenvalue weighted by atomic mass is 9.77. The van der Waals surface area contributed by atoms with Crippen LogP contribution in [0.5, 0.6) is 0 Å². The van der Waals surface area contributed by atoms with Gasteiger partial charge in [-0.05, 0) is 61.4 Å². The van der Waals surface area contributed by atoms with Gasteiger partial charge in [-0.2, -0.15) is 0 Å². The predicted octanol–water partition coefficient (Wildman–Crippen LogP) is 3.71. The third kappa shape index (κ3) is 6.73. The van der Waals surface area contributed by atoms with E-state index in [1.165, 1.54) is 45.3 Å². The van der Waals surface area contributed by atoms with Crippen LogP contribution in [0.3, 0.4) is 0 Å². The average Bonchev–Trinajstić information content (AvgIpc) is 3.54. The summed E-state index contributed by atoms with van der Waals surface area (Å²) in [5, 5.41) is 7.70. The summed E-state index contributed by atoms with van der Waals surface area (Å²) < 4.78 is 0. The van der Waals surface area contributed by atoms with E-state index in [9.17, 15) is 4.79 Å². The molecular formula is C28H43N7O. The van der Waals surface area contributed by atoms with Gasteiger partial charge in [0.1, 0.15) is 11.7 Å². The van der Waals surface area contributed by atoms with Crippen molar-refractivity contribution in [3.8, 4) is 0 Å². The van der Waals surface area contributed by atoms with E-state index in [-0.39, 0.29) is 11.7 Å². The number of aromatic nitrogens is 2. The number of nitrogens with zero attached hydrogens (tertiary/aromatic N) is 4. The van der Waals surface area contributed by atoms with E-state index in [0.717, 1.165) is 42.4 Å². The van der Waals surface area contributed by atoms with Crippen molar-refractivity contribution in [3.63, 3.8) is 0 Å². The molecule has 0 aliphatic carbocycles. The first-order chi connectivity index (χ1) is 17.4. The number of aromatic amines is 1. The van der Waals surface area contributed by atoms with Crippen LogP contribution in [0, 0.1) is 16.7 Å². The third-order valence-electron chi connectivity index (χ3n) is 8.24. The van der Waals surface area contributed by atoms with Crippen LogP contribution in [0.15, 0.2) is 36.7 Å². The number of likely N-dealkylation sites (tertiary alicyclic amines) is 2. The van der Waals surface area contributed by atoms with Crippen molar-refractivity contribution in [2.45, 2.75) is 59.0 Å². The molecule has 0 bridgehead atoms. The summed E-state index contributed by atoms with van der Waals surface area (Å²) in [5.74, 6) is 1.92. The number of amidine groups is 1. The summed E-state index contributed by atoms with van der Waals surface area (Å²) in [6.07, 6.45) is 9.58. The Bertz CT molecular complexity index is 976. The fourth-order valence-electron chi connectivity index (χ4n) is 5.84. The number of benzene rings is 1. The zero-order chi connectivity index (χ0) is 25.5. The molecule has 2 aromatic rings. The minimum absolute atomic E-state index is 0.123. The normalized spacial score (nSPS) is 17.9. The second kappa shape index (κ2) is 12.0. The molecule has 8 heteroatoms. The second-order valence-corrected chi connectivity index (χ2v) is 10.9. The molecule has 2 aliphatic heterocycles. The molecule has 36 heavy (non-hydrogen) atoms. The zero-order valence-electron chi connectivity index (χ0n) is 22.0. The van der Waals surface area contributed by atoms with Gasteiger partial charge in [0.15, 0.2) is 0 Å². The van der Waals surface area contributed by atoms with Gasteiger partial charge in [-0.25, -0.2) is 4.98 Å². The van der Waals surface area contributed by atoms with Crippen LogP contribution in [0.2, 0.25) is 0 Å². The summed E-state index contributed by atoms with van der Waals surface area (Å²) in [4.78, 5) is 27.5. The SMILES string of the molecule is CCC(CC)CN1CCC2(CC1)CCN(C(=O)c1ccc(CN(CC(=N)N)Cc3ncc[nH]3)cc1)C2. The topological polar surface area (TPSA) is 105 Å². The molecule has 0 saturated carbocycles. The highest BCUT2D eigenvalue weighted by Gasteiger charge is 2.42. The lowest BCUT2D eigenvalue weighted by molar-refractivity contribution is 0.0701. The molecule has 8 nitrogen and oxygen atoms in total. The Labute approximate surface area is 215 Å². The van der Waals surface area contributed by atoms with Gasteiger partial charge in [0, 0.05) is 44.1 Å². The maximum Gasteiger partial charge on any atom is 0.253 e. The number of hydrogen-bond acceptors (Lipinski definition) is 5. The quantitative estimate of drug-likeness (QED) is 0.327. The number of amides is 1. The molecule has 0 atom stereocenters. The highest BCUT2D eigenvalue weighted by atomic mass is 16.2. The maximum absolute atomic E-state index is 13.3. The molecule has 0 unspecified atom stereocenters. The van der Waals surface area contributed by atoms with Crippen LogP contribution >= 0.6 is 0 Å². The van der Waals surface area contributed by atoms with Crippen molar-refractivity contribution in [2.24, 2.45) is 17.1 Å². The molecule has 3 heterocycles. The van der Waals surface area contributed by atoms with Crippen LogP contribution < -0.4 is 5.73 Å². The van der Waals surface area contributed by atoms with E-state index < -0.39 is 0 Å². The van der Waals surface area contributed by atoms with Crippen molar-refractivity contribution < 1.29 is 4.79 Å². The van der Waals surface area contributed by atoms with Crippen LogP contribution in [0.25, 0.3) is 0 Å². The molecule has 1 amide bonds. The molecule has 4 N–H and O–H groups in total.